The predicted molar refractivity (Wildman–Crippen MR) is 559 cm³/mol. The van der Waals surface area contributed by atoms with Crippen molar-refractivity contribution in [3.05, 3.63) is 346 Å². The maximum absolute atomic E-state index is 14.2. The normalized spacial score (nSPS) is 10.4. The van der Waals surface area contributed by atoms with Crippen molar-refractivity contribution in [2.45, 2.75) is 171 Å². The Labute approximate surface area is 861 Å². The number of rotatable bonds is 24. The zero-order valence-corrected chi connectivity index (χ0v) is 89.4. The highest BCUT2D eigenvalue weighted by atomic mass is 127. The second kappa shape index (κ2) is 55.0. The van der Waals surface area contributed by atoms with Gasteiger partial charge < -0.3 is 56.8 Å². The molecule has 762 valence electrons. The number of amides is 6. The van der Waals surface area contributed by atoms with Crippen molar-refractivity contribution in [2.75, 3.05) is 73.0 Å². The van der Waals surface area contributed by atoms with Crippen molar-refractivity contribution in [2.24, 2.45) is 0 Å². The third-order valence-corrected chi connectivity index (χ3v) is 25.3. The van der Waals surface area contributed by atoms with Crippen molar-refractivity contribution >= 4 is 121 Å². The molecule has 0 aromatic heterocycles. The maximum atomic E-state index is 14.2. The minimum atomic E-state index is -1.01. The smallest absolute Gasteiger partial charge is 0.438 e. The lowest BCUT2D eigenvalue weighted by Gasteiger charge is -2.20. The quantitative estimate of drug-likeness (QED) is 0.0142. The van der Waals surface area contributed by atoms with Gasteiger partial charge in [0.05, 0.1) is 82.3 Å². The number of aryl methyl sites for hydroxylation is 19. The Morgan fingerprint density at radius 2 is 0.497 bits per heavy atom. The van der Waals surface area contributed by atoms with Crippen LogP contribution in [0.15, 0.2) is 193 Å². The summed E-state index contributed by atoms with van der Waals surface area (Å²) in [5.41, 5.74) is 25.7. The molecule has 0 saturated heterocycles. The first kappa shape index (κ1) is 116. The van der Waals surface area contributed by atoms with E-state index in [4.69, 9.17) is 40.0 Å². The fourth-order valence-electron chi connectivity index (χ4n) is 14.0. The average molecular weight is 2160 g/mol. The van der Waals surface area contributed by atoms with Gasteiger partial charge >= 0.3 is 36.6 Å². The summed E-state index contributed by atoms with van der Waals surface area (Å²) in [7, 11) is 7.16. The molecule has 0 radical (unpaired) electrons. The molecule has 12 aromatic rings. The number of benzene rings is 12. The van der Waals surface area contributed by atoms with Gasteiger partial charge in [0.15, 0.2) is 0 Å². The highest BCUT2D eigenvalue weighted by Gasteiger charge is 2.27. The largest absolute Gasteiger partial charge is 0.489 e. The summed E-state index contributed by atoms with van der Waals surface area (Å²) >= 11 is 11.8. The number of methoxy groups -OCH3 is 6. The zero-order chi connectivity index (χ0) is 106. The number of para-hydroxylation sites is 1. The van der Waals surface area contributed by atoms with Gasteiger partial charge in [0.1, 0.15) is 80.0 Å². The Morgan fingerprint density at radius 1 is 0.266 bits per heavy atom. The summed E-state index contributed by atoms with van der Waals surface area (Å²) in [6, 6.07) is 55.8. The molecule has 12 rings (SSSR count). The molecule has 0 spiro atoms. The third kappa shape index (κ3) is 31.9. The number of carbonyl (C=O) groups excluding carboxylic acids is 6. The van der Waals surface area contributed by atoms with E-state index < -0.39 is 42.4 Å². The molecule has 6 N–H and O–H groups in total. The maximum Gasteiger partial charge on any atom is 0.438 e. The van der Waals surface area contributed by atoms with Gasteiger partial charge in [-0.05, 0) is 357 Å². The standard InChI is InChI=1S/C19H23NO4.C18H20BrNO4.C18H20ClNO4.C18H20FNO4.C18H20INO4.C18H21NO4/c1-12-7-6-8-17(20(22)19(21)23-5)16(12)11-24-18-10-14(3)13(2)9-15(18)4;4*1-11-8-13(3)17(9-12(11)2)24-10-14-15(19)6-5-7-16(14)20(22)18(21)23-4;1-12-9-14(3)17(10-13(12)2)23-11-15-7-5-6-8-16(15)19(21)18(20)22-4/h6-10,22H,11H2,1-5H3;4*5-9,22H,10H2,1-4H3;5-10,21H,11H2,1-4H3. The van der Waals surface area contributed by atoms with Gasteiger partial charge in [0.2, 0.25) is 0 Å². The molecule has 12 aromatic carbocycles. The Morgan fingerprint density at radius 3 is 0.839 bits per heavy atom. The third-order valence-electron chi connectivity index (χ3n) is 23.2. The number of ether oxygens (including phenoxy) is 12. The number of anilines is 6. The molecule has 143 heavy (non-hydrogen) atoms. The molecular formula is C109H124BrClFIN6O24. The molecule has 0 unspecified atom stereocenters. The van der Waals surface area contributed by atoms with E-state index in [2.05, 4.69) is 119 Å². The lowest BCUT2D eigenvalue weighted by Crippen LogP contribution is -2.28. The second-order valence-corrected chi connectivity index (χ2v) is 35.7. The van der Waals surface area contributed by atoms with Crippen LogP contribution in [0.3, 0.4) is 0 Å². The first-order valence-electron chi connectivity index (χ1n) is 44.6. The minimum absolute atomic E-state index is 0.0247. The van der Waals surface area contributed by atoms with Gasteiger partial charge in [0.25, 0.3) is 0 Å². The number of halogens is 4. The van der Waals surface area contributed by atoms with Crippen LogP contribution in [0.1, 0.15) is 139 Å². The van der Waals surface area contributed by atoms with Gasteiger partial charge in [-0.15, -0.1) is 0 Å². The molecule has 6 amide bonds. The van der Waals surface area contributed by atoms with Gasteiger partial charge in [-0.3, -0.25) is 31.2 Å². The van der Waals surface area contributed by atoms with E-state index in [9.17, 15) is 64.4 Å². The SMILES string of the molecule is COC(=O)N(O)c1cccc(Br)c1COc1cc(C)c(C)cc1C.COC(=O)N(O)c1cccc(C)c1COc1cc(C)c(C)cc1C.COC(=O)N(O)c1cccc(Cl)c1COc1cc(C)c(C)cc1C.COC(=O)N(O)c1cccc(F)c1COc1cc(C)c(C)cc1C.COC(=O)N(O)c1cccc(I)c1COc1cc(C)c(C)cc1C.COC(=O)N(O)c1ccccc1COc1cc(C)c(C)cc1C. The van der Waals surface area contributed by atoms with E-state index >= 15 is 0 Å². The lowest BCUT2D eigenvalue weighted by molar-refractivity contribution is 0.140. The summed E-state index contributed by atoms with van der Waals surface area (Å²) < 4.78 is 78.2. The fourth-order valence-corrected chi connectivity index (χ4v) is 15.4. The summed E-state index contributed by atoms with van der Waals surface area (Å²) in [4.78, 5) is 69.3. The fraction of sp³-hybridized carbons (Fsp3) is 0.284. The molecule has 0 atom stereocenters. The predicted octanol–water partition coefficient (Wildman–Crippen LogP) is 27.4. The molecule has 0 aliphatic carbocycles. The summed E-state index contributed by atoms with van der Waals surface area (Å²) in [6.45, 7) is 38.9. The van der Waals surface area contributed by atoms with Crippen LogP contribution in [0.25, 0.3) is 0 Å². The highest BCUT2D eigenvalue weighted by Crippen LogP contribution is 2.38. The molecule has 30 nitrogen and oxygen atoms in total. The van der Waals surface area contributed by atoms with Gasteiger partial charge in [-0.25, -0.2) is 33.2 Å². The van der Waals surface area contributed by atoms with Gasteiger partial charge in [0, 0.05) is 40.9 Å². The van der Waals surface area contributed by atoms with E-state index in [1.54, 1.807) is 72.8 Å². The number of nitrogens with zero attached hydrogens (tertiary/aromatic N) is 6. The van der Waals surface area contributed by atoms with Crippen molar-refractivity contribution in [1.82, 2.24) is 0 Å². The molecule has 0 heterocycles. The minimum Gasteiger partial charge on any atom is -0.489 e. The van der Waals surface area contributed by atoms with Crippen molar-refractivity contribution in [3.8, 4) is 34.5 Å². The molecule has 0 fully saturated rings. The van der Waals surface area contributed by atoms with Crippen molar-refractivity contribution < 1.29 is 121 Å². The monoisotopic (exact) mass is 2160 g/mol. The molecule has 0 bridgehead atoms. The Kier molecular flexibility index (Phi) is 44.7. The lowest BCUT2D eigenvalue weighted by atomic mass is 10.1. The Hall–Kier alpha value is -13.8. The summed E-state index contributed by atoms with van der Waals surface area (Å²) in [6.07, 6.45) is -5.31. The highest BCUT2D eigenvalue weighted by molar-refractivity contribution is 14.1. The first-order chi connectivity index (χ1) is 67.7. The number of carbonyl (C=O) groups is 6. The van der Waals surface area contributed by atoms with E-state index in [0.717, 1.165) is 127 Å². The van der Waals surface area contributed by atoms with Crippen LogP contribution in [0, 0.1) is 141 Å². The van der Waals surface area contributed by atoms with E-state index in [-0.39, 0.29) is 61.6 Å². The first-order valence-corrected chi connectivity index (χ1v) is 46.8. The number of hydrogen-bond acceptors (Lipinski definition) is 24. The molecule has 0 saturated carbocycles. The van der Waals surface area contributed by atoms with Crippen LogP contribution in [0.4, 0.5) is 67.3 Å². The van der Waals surface area contributed by atoms with Crippen molar-refractivity contribution in [1.29, 1.82) is 0 Å². The zero-order valence-electron chi connectivity index (χ0n) is 84.9. The summed E-state index contributed by atoms with van der Waals surface area (Å²) in [5.74, 6) is 3.88. The van der Waals surface area contributed by atoms with Crippen molar-refractivity contribution in [3.63, 3.8) is 0 Å². The van der Waals surface area contributed by atoms with E-state index in [1.807, 2.05) is 177 Å². The van der Waals surface area contributed by atoms with Crippen LogP contribution in [0.5, 0.6) is 34.5 Å². The Balaban J connectivity index is 0.000000233. The van der Waals surface area contributed by atoms with Crippen LogP contribution >= 0.6 is 50.1 Å². The van der Waals surface area contributed by atoms with Crippen LogP contribution in [0.2, 0.25) is 5.02 Å². The van der Waals surface area contributed by atoms with Crippen LogP contribution in [-0.2, 0) is 68.1 Å². The summed E-state index contributed by atoms with van der Waals surface area (Å²) in [5, 5.41) is 62.8. The average Bonchev–Trinajstić information content (AvgIpc) is 0.823. The number of hydrogen-bond donors (Lipinski definition) is 6. The van der Waals surface area contributed by atoms with E-state index in [0.29, 0.717) is 81.1 Å². The Bertz CT molecular complexity index is 5760. The van der Waals surface area contributed by atoms with Gasteiger partial charge in [-0.2, -0.15) is 30.4 Å². The van der Waals surface area contributed by atoms with Gasteiger partial charge in [-0.1, -0.05) is 119 Å². The second-order valence-electron chi connectivity index (χ2n) is 33.3. The van der Waals surface area contributed by atoms with Crippen LogP contribution < -0.4 is 58.8 Å². The molecule has 0 aliphatic rings. The molecule has 0 aliphatic heterocycles. The molecule has 34 heteroatoms. The topological polar surface area (TPSA) is 354 Å². The molecular weight excluding hydrogens is 2040 g/mol. The van der Waals surface area contributed by atoms with E-state index in [1.165, 1.54) is 81.6 Å². The van der Waals surface area contributed by atoms with Crippen LogP contribution in [-0.4, -0.2) is 110 Å². The number of hydroxylamine groups is 6.